The van der Waals surface area contributed by atoms with Gasteiger partial charge in [0.2, 0.25) is 5.91 Å². The van der Waals surface area contributed by atoms with Crippen LogP contribution in [0.3, 0.4) is 0 Å². The first kappa shape index (κ1) is 15.1. The zero-order valence-corrected chi connectivity index (χ0v) is 13.4. The van der Waals surface area contributed by atoms with Gasteiger partial charge < -0.3 is 9.80 Å². The predicted molar refractivity (Wildman–Crippen MR) is 85.6 cm³/mol. The molecule has 0 radical (unpaired) electrons. The summed E-state index contributed by atoms with van der Waals surface area (Å²) < 4.78 is 0. The maximum atomic E-state index is 12.9. The molecule has 22 heavy (non-hydrogen) atoms. The lowest BCUT2D eigenvalue weighted by molar-refractivity contribution is -0.139. The fraction of sp³-hybridized carbons (Fsp3) is 0.556. The summed E-state index contributed by atoms with van der Waals surface area (Å²) in [6, 6.07) is 7.90. The van der Waals surface area contributed by atoms with E-state index in [-0.39, 0.29) is 23.8 Å². The Hall–Kier alpha value is -1.84. The van der Waals surface area contributed by atoms with Gasteiger partial charge in [0.15, 0.2) is 0 Å². The summed E-state index contributed by atoms with van der Waals surface area (Å²) in [5.74, 6) is 0.303. The van der Waals surface area contributed by atoms with Crippen molar-refractivity contribution >= 4 is 11.8 Å². The molecule has 4 nitrogen and oxygen atoms in total. The zero-order valence-electron chi connectivity index (χ0n) is 13.4. The van der Waals surface area contributed by atoms with Crippen LogP contribution in [-0.2, 0) is 4.79 Å². The number of carbonyl (C=O) groups excluding carboxylic acids is 2. The van der Waals surface area contributed by atoms with Gasteiger partial charge in [-0.2, -0.15) is 0 Å². The van der Waals surface area contributed by atoms with Crippen molar-refractivity contribution in [1.82, 2.24) is 9.80 Å². The third kappa shape index (κ3) is 2.62. The van der Waals surface area contributed by atoms with Gasteiger partial charge in [-0.1, -0.05) is 25.1 Å². The molecule has 0 spiro atoms. The largest absolute Gasteiger partial charge is 0.338 e. The molecule has 118 valence electrons. The number of rotatable bonds is 3. The second kappa shape index (κ2) is 6.11. The van der Waals surface area contributed by atoms with Crippen LogP contribution >= 0.6 is 0 Å². The Bertz CT molecular complexity index is 584. The molecule has 4 heteroatoms. The van der Waals surface area contributed by atoms with Crippen LogP contribution in [-0.4, -0.2) is 47.3 Å². The molecule has 3 saturated heterocycles. The molecule has 3 fully saturated rings. The molecular weight excluding hydrogens is 276 g/mol. The number of hydrogen-bond donors (Lipinski definition) is 0. The second-order valence-corrected chi connectivity index (χ2v) is 6.48. The summed E-state index contributed by atoms with van der Waals surface area (Å²) in [5, 5.41) is 0. The van der Waals surface area contributed by atoms with Gasteiger partial charge in [-0.15, -0.1) is 0 Å². The van der Waals surface area contributed by atoms with Crippen molar-refractivity contribution in [2.24, 2.45) is 5.92 Å². The van der Waals surface area contributed by atoms with Crippen molar-refractivity contribution in [3.8, 4) is 0 Å². The van der Waals surface area contributed by atoms with Gasteiger partial charge in [-0.3, -0.25) is 9.59 Å². The Kier molecular flexibility index (Phi) is 4.19. The van der Waals surface area contributed by atoms with Gasteiger partial charge in [0.25, 0.3) is 5.91 Å². The Balaban J connectivity index is 1.84. The van der Waals surface area contributed by atoms with Crippen LogP contribution < -0.4 is 0 Å². The van der Waals surface area contributed by atoms with E-state index in [1.807, 2.05) is 41.0 Å². The number of fused-ring (bicyclic) bond motifs is 4. The molecule has 0 unspecified atom stereocenters. The molecule has 2 bridgehead atoms. The number of nitrogens with zero attached hydrogens (tertiary/aromatic N) is 2. The van der Waals surface area contributed by atoms with E-state index in [4.69, 9.17) is 0 Å². The Morgan fingerprint density at radius 3 is 2.73 bits per heavy atom. The topological polar surface area (TPSA) is 40.6 Å². The molecule has 1 aromatic carbocycles. The van der Waals surface area contributed by atoms with Crippen LogP contribution in [0.1, 0.15) is 42.1 Å². The predicted octanol–water partition coefficient (Wildman–Crippen LogP) is 2.47. The van der Waals surface area contributed by atoms with Crippen LogP contribution in [0.15, 0.2) is 24.3 Å². The highest BCUT2D eigenvalue weighted by atomic mass is 16.2. The molecular formula is C18H24N2O2. The minimum atomic E-state index is -0.0155. The Morgan fingerprint density at radius 2 is 2.00 bits per heavy atom. The average molecular weight is 300 g/mol. The average Bonchev–Trinajstić information content (AvgIpc) is 2.80. The van der Waals surface area contributed by atoms with E-state index in [0.717, 1.165) is 36.9 Å². The van der Waals surface area contributed by atoms with Crippen molar-refractivity contribution < 1.29 is 9.59 Å². The summed E-state index contributed by atoms with van der Waals surface area (Å²) in [6.07, 6.45) is 2.91. The lowest BCUT2D eigenvalue weighted by Gasteiger charge is -2.35. The first-order valence-electron chi connectivity index (χ1n) is 8.27. The van der Waals surface area contributed by atoms with Crippen LogP contribution in [0.5, 0.6) is 0 Å². The van der Waals surface area contributed by atoms with E-state index in [1.54, 1.807) is 0 Å². The molecule has 2 atom stereocenters. The standard InChI is InChI=1S/C18H24N2O2/c1-3-10-20-15-9-8-14(17(20)21)11-19(12-15)18(22)16-7-5-4-6-13(16)2/h4-7,14-15H,3,8-12H2,1-2H3/t14-,15+/m0/s1. The Labute approximate surface area is 132 Å². The number of piperidine rings is 1. The van der Waals surface area contributed by atoms with Gasteiger partial charge in [-0.05, 0) is 37.8 Å². The molecule has 0 N–H and O–H groups in total. The lowest BCUT2D eigenvalue weighted by Crippen LogP contribution is -2.48. The zero-order chi connectivity index (χ0) is 15.7. The normalized spacial score (nSPS) is 24.5. The van der Waals surface area contributed by atoms with Gasteiger partial charge in [0.05, 0.1) is 5.92 Å². The number of carbonyl (C=O) groups is 2. The lowest BCUT2D eigenvalue weighted by atomic mass is 9.94. The minimum absolute atomic E-state index is 0.0155. The van der Waals surface area contributed by atoms with Crippen LogP contribution in [0.2, 0.25) is 0 Å². The highest BCUT2D eigenvalue weighted by molar-refractivity contribution is 5.96. The van der Waals surface area contributed by atoms with Crippen LogP contribution in [0.25, 0.3) is 0 Å². The van der Waals surface area contributed by atoms with E-state index in [1.165, 1.54) is 0 Å². The number of amides is 2. The third-order valence-electron chi connectivity index (χ3n) is 4.92. The first-order valence-corrected chi connectivity index (χ1v) is 8.27. The van der Waals surface area contributed by atoms with E-state index in [2.05, 4.69) is 6.92 Å². The molecule has 1 aromatic rings. The second-order valence-electron chi connectivity index (χ2n) is 6.48. The smallest absolute Gasteiger partial charge is 0.254 e. The van der Waals surface area contributed by atoms with Crippen LogP contribution in [0.4, 0.5) is 0 Å². The van der Waals surface area contributed by atoms with E-state index in [9.17, 15) is 9.59 Å². The molecule has 3 aliphatic rings. The van der Waals surface area contributed by atoms with Gasteiger partial charge in [0.1, 0.15) is 0 Å². The van der Waals surface area contributed by atoms with Gasteiger partial charge >= 0.3 is 0 Å². The van der Waals surface area contributed by atoms with E-state index >= 15 is 0 Å². The molecule has 4 rings (SSSR count). The van der Waals surface area contributed by atoms with E-state index in [0.29, 0.717) is 13.1 Å². The SMILES string of the molecule is CCCN1C(=O)[C@H]2CC[C@@H]1CN(C(=O)c1ccccc1C)C2. The molecule has 0 saturated carbocycles. The van der Waals surface area contributed by atoms with E-state index < -0.39 is 0 Å². The minimum Gasteiger partial charge on any atom is -0.338 e. The summed E-state index contributed by atoms with van der Waals surface area (Å²) in [4.78, 5) is 29.3. The summed E-state index contributed by atoms with van der Waals surface area (Å²) in [7, 11) is 0. The summed E-state index contributed by atoms with van der Waals surface area (Å²) >= 11 is 0. The van der Waals surface area contributed by atoms with Gasteiger partial charge in [0, 0.05) is 31.2 Å². The van der Waals surface area contributed by atoms with Crippen LogP contribution in [0, 0.1) is 12.8 Å². The molecule has 3 heterocycles. The number of benzene rings is 1. The van der Waals surface area contributed by atoms with Crippen molar-refractivity contribution in [2.45, 2.75) is 39.2 Å². The Morgan fingerprint density at radius 1 is 1.23 bits per heavy atom. The van der Waals surface area contributed by atoms with Crippen molar-refractivity contribution in [2.75, 3.05) is 19.6 Å². The molecule has 0 aliphatic carbocycles. The van der Waals surface area contributed by atoms with Crippen molar-refractivity contribution in [3.63, 3.8) is 0 Å². The maximum Gasteiger partial charge on any atom is 0.254 e. The number of hydrogen-bond acceptors (Lipinski definition) is 2. The molecule has 0 aromatic heterocycles. The van der Waals surface area contributed by atoms with Crippen molar-refractivity contribution in [3.05, 3.63) is 35.4 Å². The third-order valence-corrected chi connectivity index (χ3v) is 4.92. The fourth-order valence-corrected chi connectivity index (χ4v) is 3.72. The monoisotopic (exact) mass is 300 g/mol. The fourth-order valence-electron chi connectivity index (χ4n) is 3.72. The van der Waals surface area contributed by atoms with Crippen molar-refractivity contribution in [1.29, 1.82) is 0 Å². The quantitative estimate of drug-likeness (QED) is 0.860. The highest BCUT2D eigenvalue weighted by Gasteiger charge is 2.41. The van der Waals surface area contributed by atoms with Gasteiger partial charge in [-0.25, -0.2) is 0 Å². The maximum absolute atomic E-state index is 12.9. The molecule has 2 amide bonds. The summed E-state index contributed by atoms with van der Waals surface area (Å²) in [6.45, 7) is 6.13. The number of aryl methyl sites for hydroxylation is 1. The first-order chi connectivity index (χ1) is 10.6. The molecule has 3 aliphatic heterocycles. The highest BCUT2D eigenvalue weighted by Crippen LogP contribution is 2.30. The summed E-state index contributed by atoms with van der Waals surface area (Å²) in [5.41, 5.74) is 1.76.